The Morgan fingerprint density at radius 3 is 2.33 bits per heavy atom. The predicted octanol–water partition coefficient (Wildman–Crippen LogP) is -1.09. The van der Waals surface area contributed by atoms with Crippen molar-refractivity contribution in [2.24, 2.45) is 0 Å². The van der Waals surface area contributed by atoms with Gasteiger partial charge in [0.05, 0.1) is 13.2 Å². The first-order valence-electron chi connectivity index (χ1n) is 7.15. The van der Waals surface area contributed by atoms with Gasteiger partial charge < -0.3 is 9.47 Å². The van der Waals surface area contributed by atoms with E-state index in [0.717, 1.165) is 21.5 Å². The van der Waals surface area contributed by atoms with Crippen molar-refractivity contribution in [3.63, 3.8) is 0 Å². The molecule has 0 fully saturated rings. The summed E-state index contributed by atoms with van der Waals surface area (Å²) in [6.07, 6.45) is 2.21. The van der Waals surface area contributed by atoms with Crippen LogP contribution in [0.15, 0.2) is 22.2 Å². The van der Waals surface area contributed by atoms with Gasteiger partial charge in [0.2, 0.25) is 0 Å². The second-order valence-electron chi connectivity index (χ2n) is 4.73. The van der Waals surface area contributed by atoms with Crippen molar-refractivity contribution in [1.29, 1.82) is 0 Å². The summed E-state index contributed by atoms with van der Waals surface area (Å²) in [5, 5.41) is 0. The van der Waals surface area contributed by atoms with Crippen LogP contribution >= 0.6 is 0 Å². The number of ether oxygens (including phenoxy) is 2. The lowest BCUT2D eigenvalue weighted by Gasteiger charge is -1.98. The van der Waals surface area contributed by atoms with Crippen molar-refractivity contribution in [3.05, 3.63) is 44.8 Å². The van der Waals surface area contributed by atoms with E-state index >= 15 is 0 Å². The van der Waals surface area contributed by atoms with Crippen molar-refractivity contribution in [1.82, 2.24) is 13.8 Å². The monoisotopic (exact) mass is 333 g/mol. The number of hydrogen-bond donors (Lipinski definition) is 0. The molecule has 0 bridgehead atoms. The largest absolute Gasteiger partial charge is 0.461 e. The molecule has 0 spiro atoms. The Bertz CT molecular complexity index is 980. The van der Waals surface area contributed by atoms with Crippen LogP contribution in [0.1, 0.15) is 34.8 Å². The van der Waals surface area contributed by atoms with Gasteiger partial charge in [-0.05, 0) is 13.8 Å². The number of aromatic amines is 1. The third-order valence-electron chi connectivity index (χ3n) is 3.37. The molecular weight excluding hydrogens is 320 g/mol. The van der Waals surface area contributed by atoms with Crippen LogP contribution in [0, 0.1) is 0 Å². The van der Waals surface area contributed by atoms with Gasteiger partial charge in [-0.1, -0.05) is 0 Å². The van der Waals surface area contributed by atoms with Crippen LogP contribution in [0.4, 0.5) is 0 Å². The van der Waals surface area contributed by atoms with Crippen molar-refractivity contribution in [2.75, 3.05) is 13.2 Å². The first-order valence-corrected chi connectivity index (χ1v) is 7.15. The maximum Gasteiger partial charge on any atom is 0.383 e. The molecule has 0 radical (unpaired) electrons. The van der Waals surface area contributed by atoms with Crippen LogP contribution in [0.25, 0.3) is 11.0 Å². The summed E-state index contributed by atoms with van der Waals surface area (Å²) in [6, 6.07) is 0. The second kappa shape index (κ2) is 5.72. The molecule has 0 saturated heterocycles. The average Bonchev–Trinajstić information content (AvgIpc) is 3.18. The van der Waals surface area contributed by atoms with E-state index in [-0.39, 0.29) is 35.6 Å². The smallest absolute Gasteiger partial charge is 0.383 e. The zero-order valence-corrected chi connectivity index (χ0v) is 12.9. The van der Waals surface area contributed by atoms with Gasteiger partial charge >= 0.3 is 23.1 Å². The van der Waals surface area contributed by atoms with Gasteiger partial charge in [-0.2, -0.15) is 4.40 Å². The SMILES string of the molecule is CCOC(=O)c1ncn2c(=O)c3c(C(=O)OCC)[nH+]cn3c(=O)c12. The van der Waals surface area contributed by atoms with Crippen LogP contribution < -0.4 is 16.1 Å². The van der Waals surface area contributed by atoms with E-state index < -0.39 is 23.1 Å². The highest BCUT2D eigenvalue weighted by Gasteiger charge is 2.30. The molecule has 0 saturated carbocycles. The summed E-state index contributed by atoms with van der Waals surface area (Å²) in [7, 11) is 0. The number of nitrogens with one attached hydrogen (secondary N) is 1. The number of fused-ring (bicyclic) bond motifs is 2. The van der Waals surface area contributed by atoms with Crippen molar-refractivity contribution in [3.8, 4) is 0 Å². The van der Waals surface area contributed by atoms with Crippen LogP contribution in [0.3, 0.4) is 0 Å². The molecule has 10 nitrogen and oxygen atoms in total. The van der Waals surface area contributed by atoms with Crippen molar-refractivity contribution >= 4 is 23.0 Å². The molecule has 0 amide bonds. The normalized spacial score (nSPS) is 11.1. The fourth-order valence-corrected chi connectivity index (χ4v) is 2.40. The number of esters is 2. The fraction of sp³-hybridized carbons (Fsp3) is 0.286. The molecule has 10 heteroatoms. The summed E-state index contributed by atoms with van der Waals surface area (Å²) < 4.78 is 11.6. The molecule has 3 heterocycles. The number of carbonyl (C=O) groups is 2. The molecular formula is C14H13N4O6+. The molecule has 0 atom stereocenters. The Hall–Kier alpha value is -3.30. The Balaban J connectivity index is 2.35. The second-order valence-corrected chi connectivity index (χ2v) is 4.73. The molecule has 0 aliphatic rings. The Labute approximate surface area is 133 Å². The maximum absolute atomic E-state index is 12.6. The van der Waals surface area contributed by atoms with Crippen LogP contribution in [0.2, 0.25) is 0 Å². The molecule has 3 rings (SSSR count). The molecule has 0 aliphatic carbocycles. The van der Waals surface area contributed by atoms with Crippen LogP contribution in [-0.4, -0.2) is 38.9 Å². The van der Waals surface area contributed by atoms with Gasteiger partial charge in [0.1, 0.15) is 6.33 Å². The topological polar surface area (TPSA) is 123 Å². The van der Waals surface area contributed by atoms with E-state index in [1.54, 1.807) is 13.8 Å². The van der Waals surface area contributed by atoms with E-state index in [9.17, 15) is 19.2 Å². The number of rotatable bonds is 4. The lowest BCUT2D eigenvalue weighted by molar-refractivity contribution is -0.381. The summed E-state index contributed by atoms with van der Waals surface area (Å²) in [5.74, 6) is -1.57. The number of nitrogens with zero attached hydrogens (tertiary/aromatic N) is 3. The Morgan fingerprint density at radius 2 is 1.67 bits per heavy atom. The molecule has 3 aromatic rings. The molecule has 0 aliphatic heterocycles. The average molecular weight is 333 g/mol. The summed E-state index contributed by atoms with van der Waals surface area (Å²) in [5.41, 5.74) is -2.17. The quantitative estimate of drug-likeness (QED) is 0.556. The number of imidazole rings is 2. The van der Waals surface area contributed by atoms with Crippen molar-refractivity contribution in [2.45, 2.75) is 13.8 Å². The fourth-order valence-electron chi connectivity index (χ4n) is 2.40. The Kier molecular flexibility index (Phi) is 3.72. The minimum Gasteiger partial charge on any atom is -0.461 e. The van der Waals surface area contributed by atoms with Gasteiger partial charge in [-0.15, -0.1) is 0 Å². The van der Waals surface area contributed by atoms with E-state index in [2.05, 4.69) is 9.97 Å². The van der Waals surface area contributed by atoms with Gasteiger partial charge in [0.15, 0.2) is 11.2 Å². The number of carbonyl (C=O) groups excluding carboxylic acids is 2. The summed E-state index contributed by atoms with van der Waals surface area (Å²) >= 11 is 0. The van der Waals surface area contributed by atoms with Gasteiger partial charge in [-0.25, -0.2) is 24.4 Å². The molecule has 24 heavy (non-hydrogen) atoms. The van der Waals surface area contributed by atoms with E-state index in [1.807, 2.05) is 0 Å². The predicted molar refractivity (Wildman–Crippen MR) is 78.3 cm³/mol. The molecule has 0 aromatic carbocycles. The molecule has 124 valence electrons. The number of aromatic nitrogens is 4. The minimum absolute atomic E-state index is 0.100. The van der Waals surface area contributed by atoms with E-state index in [4.69, 9.17) is 9.47 Å². The van der Waals surface area contributed by atoms with E-state index in [1.165, 1.54) is 0 Å². The Morgan fingerprint density at radius 1 is 1.04 bits per heavy atom. The van der Waals surface area contributed by atoms with Crippen LogP contribution in [0.5, 0.6) is 0 Å². The van der Waals surface area contributed by atoms with Crippen LogP contribution in [-0.2, 0) is 9.47 Å². The lowest BCUT2D eigenvalue weighted by Crippen LogP contribution is -2.27. The highest BCUT2D eigenvalue weighted by Crippen LogP contribution is 2.08. The molecule has 3 aromatic heterocycles. The lowest BCUT2D eigenvalue weighted by atomic mass is 10.3. The zero-order valence-electron chi connectivity index (χ0n) is 12.9. The van der Waals surface area contributed by atoms with Crippen molar-refractivity contribution < 1.29 is 24.0 Å². The standard InChI is InChI=1S/C14H12N4O6/c1-3-23-13(21)7-9-11(19)18-6-16-8(14(22)24-4-2)10(18)12(20)17(9)5-15-7/h5-6H,3-4H2,1-2H3/p+1. The zero-order chi connectivity index (χ0) is 17.4. The third-order valence-corrected chi connectivity index (χ3v) is 3.37. The highest BCUT2D eigenvalue weighted by atomic mass is 16.5. The molecule has 1 N–H and O–H groups in total. The summed E-state index contributed by atoms with van der Waals surface area (Å²) in [4.78, 5) is 55.4. The van der Waals surface area contributed by atoms with E-state index in [0.29, 0.717) is 0 Å². The number of H-pyrrole nitrogens is 1. The van der Waals surface area contributed by atoms with Gasteiger partial charge in [-0.3, -0.25) is 9.20 Å². The first-order chi connectivity index (χ1) is 11.5. The third kappa shape index (κ3) is 2.11. The summed E-state index contributed by atoms with van der Waals surface area (Å²) in [6.45, 7) is 3.44. The molecule has 0 unspecified atom stereocenters. The van der Waals surface area contributed by atoms with Gasteiger partial charge in [0.25, 0.3) is 17.5 Å². The maximum atomic E-state index is 12.6. The minimum atomic E-state index is -0.808. The highest BCUT2D eigenvalue weighted by molar-refractivity contribution is 5.96. The first kappa shape index (κ1) is 15.6. The number of hydrogen-bond acceptors (Lipinski definition) is 7. The van der Waals surface area contributed by atoms with Gasteiger partial charge in [0, 0.05) is 0 Å².